The third-order valence-electron chi connectivity index (χ3n) is 3.11. The van der Waals surface area contributed by atoms with Gasteiger partial charge in [0.25, 0.3) is 0 Å². The Kier molecular flexibility index (Phi) is 3.94. The normalized spacial score (nSPS) is 10.5. The topological polar surface area (TPSA) is 65.1 Å². The number of ether oxygens (including phenoxy) is 1. The fraction of sp³-hybridized carbons (Fsp3) is 0.357. The van der Waals surface area contributed by atoms with Crippen molar-refractivity contribution in [2.24, 2.45) is 0 Å². The van der Waals surface area contributed by atoms with Gasteiger partial charge in [-0.25, -0.2) is 4.68 Å². The number of nitrogens with one attached hydrogen (secondary N) is 1. The van der Waals surface area contributed by atoms with Crippen molar-refractivity contribution in [3.05, 3.63) is 35.5 Å². The lowest BCUT2D eigenvalue weighted by molar-refractivity contribution is 0.410. The van der Waals surface area contributed by atoms with Crippen LogP contribution in [0.3, 0.4) is 0 Å². The number of para-hydroxylation sites is 1. The number of nitrogen functional groups attached to an aromatic ring is 1. The highest BCUT2D eigenvalue weighted by atomic mass is 16.5. The Morgan fingerprint density at radius 2 is 2.11 bits per heavy atom. The number of hydrogen-bond acceptors (Lipinski definition) is 4. The van der Waals surface area contributed by atoms with Gasteiger partial charge in [-0.05, 0) is 19.9 Å². The Morgan fingerprint density at radius 3 is 2.79 bits per heavy atom. The first-order chi connectivity index (χ1) is 9.17. The first kappa shape index (κ1) is 13.3. The maximum atomic E-state index is 6.04. The van der Waals surface area contributed by atoms with E-state index in [1.54, 1.807) is 7.11 Å². The van der Waals surface area contributed by atoms with Gasteiger partial charge >= 0.3 is 0 Å². The predicted octanol–water partition coefficient (Wildman–Crippen LogP) is 2.41. The van der Waals surface area contributed by atoms with Crippen LogP contribution < -0.4 is 15.8 Å². The fourth-order valence-electron chi connectivity index (χ4n) is 2.04. The maximum absolute atomic E-state index is 6.04. The molecule has 3 N–H and O–H groups in total. The molecule has 102 valence electrons. The molecule has 0 fully saturated rings. The molecule has 1 aromatic heterocycles. The van der Waals surface area contributed by atoms with Gasteiger partial charge in [0.2, 0.25) is 0 Å². The quantitative estimate of drug-likeness (QED) is 0.866. The van der Waals surface area contributed by atoms with Gasteiger partial charge in [-0.2, -0.15) is 5.10 Å². The van der Waals surface area contributed by atoms with Gasteiger partial charge in [0, 0.05) is 18.7 Å². The minimum absolute atomic E-state index is 0.652. The van der Waals surface area contributed by atoms with Gasteiger partial charge in [0.05, 0.1) is 18.5 Å². The molecular weight excluding hydrogens is 240 g/mol. The number of aryl methyl sites for hydroxylation is 2. The van der Waals surface area contributed by atoms with Crippen molar-refractivity contribution in [1.82, 2.24) is 9.78 Å². The van der Waals surface area contributed by atoms with Crippen molar-refractivity contribution < 1.29 is 4.74 Å². The lowest BCUT2D eigenvalue weighted by Crippen LogP contribution is -2.09. The van der Waals surface area contributed by atoms with Crippen molar-refractivity contribution in [2.45, 2.75) is 26.9 Å². The molecule has 0 aliphatic heterocycles. The maximum Gasteiger partial charge on any atom is 0.148 e. The van der Waals surface area contributed by atoms with Crippen molar-refractivity contribution in [2.75, 3.05) is 18.2 Å². The zero-order valence-corrected chi connectivity index (χ0v) is 11.6. The number of nitrogens with zero attached hydrogens (tertiary/aromatic N) is 2. The van der Waals surface area contributed by atoms with E-state index in [0.717, 1.165) is 29.4 Å². The first-order valence-electron chi connectivity index (χ1n) is 6.36. The van der Waals surface area contributed by atoms with Crippen molar-refractivity contribution >= 4 is 11.5 Å². The summed E-state index contributed by atoms with van der Waals surface area (Å²) in [4.78, 5) is 0. The standard InChI is InChI=1S/C14H20N4O/c1-4-18-14(13(15)10(2)17-18)16-9-11-7-5-6-8-12(11)19-3/h5-8,16H,4,9,15H2,1-3H3. The van der Waals surface area contributed by atoms with Crippen LogP contribution in [0.2, 0.25) is 0 Å². The highest BCUT2D eigenvalue weighted by Crippen LogP contribution is 2.24. The molecule has 0 saturated carbocycles. The molecule has 2 rings (SSSR count). The second-order valence-electron chi connectivity index (χ2n) is 4.33. The first-order valence-corrected chi connectivity index (χ1v) is 6.36. The summed E-state index contributed by atoms with van der Waals surface area (Å²) in [5, 5.41) is 7.72. The number of aromatic nitrogens is 2. The van der Waals surface area contributed by atoms with E-state index in [2.05, 4.69) is 10.4 Å². The van der Waals surface area contributed by atoms with Crippen LogP contribution in [-0.2, 0) is 13.1 Å². The molecular formula is C14H20N4O. The van der Waals surface area contributed by atoms with Crippen LogP contribution in [0, 0.1) is 6.92 Å². The SMILES string of the molecule is CCn1nc(C)c(N)c1NCc1ccccc1OC. The van der Waals surface area contributed by atoms with Crippen LogP contribution in [0.1, 0.15) is 18.2 Å². The second-order valence-corrected chi connectivity index (χ2v) is 4.33. The molecule has 0 amide bonds. The number of anilines is 2. The third kappa shape index (κ3) is 2.65. The number of benzene rings is 1. The molecule has 0 bridgehead atoms. The van der Waals surface area contributed by atoms with Gasteiger partial charge in [0.15, 0.2) is 0 Å². The minimum Gasteiger partial charge on any atom is -0.496 e. The van der Waals surface area contributed by atoms with Crippen LogP contribution in [0.25, 0.3) is 0 Å². The van der Waals surface area contributed by atoms with E-state index in [1.807, 2.05) is 42.8 Å². The minimum atomic E-state index is 0.652. The third-order valence-corrected chi connectivity index (χ3v) is 3.11. The molecule has 0 aliphatic rings. The van der Waals surface area contributed by atoms with Crippen LogP contribution >= 0.6 is 0 Å². The van der Waals surface area contributed by atoms with E-state index < -0.39 is 0 Å². The highest BCUT2D eigenvalue weighted by Gasteiger charge is 2.11. The molecule has 0 aliphatic carbocycles. The number of hydrogen-bond donors (Lipinski definition) is 2. The van der Waals surface area contributed by atoms with E-state index in [-0.39, 0.29) is 0 Å². The summed E-state index contributed by atoms with van der Waals surface area (Å²) in [6.45, 7) is 5.39. The Balaban J connectivity index is 2.19. The van der Waals surface area contributed by atoms with Crippen LogP contribution in [-0.4, -0.2) is 16.9 Å². The van der Waals surface area contributed by atoms with Gasteiger partial charge in [-0.3, -0.25) is 0 Å². The van der Waals surface area contributed by atoms with E-state index in [0.29, 0.717) is 12.2 Å². The molecule has 1 heterocycles. The summed E-state index contributed by atoms with van der Waals surface area (Å²) in [6.07, 6.45) is 0. The van der Waals surface area contributed by atoms with Gasteiger partial charge in [0.1, 0.15) is 11.6 Å². The van der Waals surface area contributed by atoms with Gasteiger partial charge in [-0.15, -0.1) is 0 Å². The Labute approximate surface area is 113 Å². The zero-order chi connectivity index (χ0) is 13.8. The highest BCUT2D eigenvalue weighted by molar-refractivity contribution is 5.65. The summed E-state index contributed by atoms with van der Waals surface area (Å²) >= 11 is 0. The van der Waals surface area contributed by atoms with Crippen molar-refractivity contribution in [3.63, 3.8) is 0 Å². The van der Waals surface area contributed by atoms with Crippen molar-refractivity contribution in [1.29, 1.82) is 0 Å². The molecule has 0 radical (unpaired) electrons. The summed E-state index contributed by atoms with van der Waals surface area (Å²) in [5.74, 6) is 1.73. The summed E-state index contributed by atoms with van der Waals surface area (Å²) in [6, 6.07) is 7.92. The van der Waals surface area contributed by atoms with Crippen LogP contribution in [0.4, 0.5) is 11.5 Å². The van der Waals surface area contributed by atoms with E-state index in [9.17, 15) is 0 Å². The average molecular weight is 260 g/mol. The fourth-order valence-corrected chi connectivity index (χ4v) is 2.04. The molecule has 0 unspecified atom stereocenters. The zero-order valence-electron chi connectivity index (χ0n) is 11.6. The van der Waals surface area contributed by atoms with Crippen LogP contribution in [0.5, 0.6) is 5.75 Å². The molecule has 5 nitrogen and oxygen atoms in total. The Bertz CT molecular complexity index is 563. The van der Waals surface area contributed by atoms with E-state index in [1.165, 1.54) is 0 Å². The summed E-state index contributed by atoms with van der Waals surface area (Å²) in [5.41, 5.74) is 8.68. The smallest absolute Gasteiger partial charge is 0.148 e. The van der Waals surface area contributed by atoms with Gasteiger partial charge < -0.3 is 15.8 Å². The average Bonchev–Trinajstić information content (AvgIpc) is 2.72. The van der Waals surface area contributed by atoms with Crippen molar-refractivity contribution in [3.8, 4) is 5.75 Å². The molecule has 2 aromatic rings. The molecule has 0 saturated heterocycles. The predicted molar refractivity (Wildman–Crippen MR) is 77.4 cm³/mol. The summed E-state index contributed by atoms with van der Waals surface area (Å²) < 4.78 is 7.21. The molecule has 1 aromatic carbocycles. The number of rotatable bonds is 5. The monoisotopic (exact) mass is 260 g/mol. The van der Waals surface area contributed by atoms with Crippen LogP contribution in [0.15, 0.2) is 24.3 Å². The lowest BCUT2D eigenvalue weighted by atomic mass is 10.2. The Morgan fingerprint density at radius 1 is 1.37 bits per heavy atom. The lowest BCUT2D eigenvalue weighted by Gasteiger charge is -2.12. The largest absolute Gasteiger partial charge is 0.496 e. The molecule has 0 spiro atoms. The van der Waals surface area contributed by atoms with E-state index in [4.69, 9.17) is 10.5 Å². The van der Waals surface area contributed by atoms with Gasteiger partial charge in [-0.1, -0.05) is 18.2 Å². The van der Waals surface area contributed by atoms with E-state index >= 15 is 0 Å². The molecule has 19 heavy (non-hydrogen) atoms. The molecule has 0 atom stereocenters. The number of nitrogens with two attached hydrogens (primary N) is 1. The second kappa shape index (κ2) is 5.65. The summed E-state index contributed by atoms with van der Waals surface area (Å²) in [7, 11) is 1.67. The molecule has 5 heteroatoms. The number of methoxy groups -OCH3 is 1. The Hall–Kier alpha value is -2.17.